The molecule has 1 amide bonds. The van der Waals surface area contributed by atoms with Crippen LogP contribution in [-0.4, -0.2) is 42.6 Å². The Bertz CT molecular complexity index is 572. The third-order valence-electron chi connectivity index (χ3n) is 8.46. The van der Waals surface area contributed by atoms with Crippen molar-refractivity contribution in [2.75, 3.05) is 26.2 Å². The zero-order chi connectivity index (χ0) is 29.6. The van der Waals surface area contributed by atoms with Crippen molar-refractivity contribution in [3.8, 4) is 0 Å². The standard InChI is InChI=1S/C37H70N2O/c1-6-11-13-15-17-19-21-23-25-27-29-31-36(30-28-26-24-22-20-18-16-14-12-7-2)38-37(40)35-39(32-8-3,33-9-4)34-10-5/h8-10,36H,3-7,11-35H2,1-2H3/p+1. The second-order valence-corrected chi connectivity index (χ2v) is 12.5. The van der Waals surface area contributed by atoms with Gasteiger partial charge in [-0.15, -0.1) is 0 Å². The maximum atomic E-state index is 13.2. The van der Waals surface area contributed by atoms with Crippen LogP contribution in [0, 0.1) is 0 Å². The molecule has 40 heavy (non-hydrogen) atoms. The van der Waals surface area contributed by atoms with Gasteiger partial charge in [-0.05, 0) is 31.1 Å². The van der Waals surface area contributed by atoms with Crippen LogP contribution >= 0.6 is 0 Å². The van der Waals surface area contributed by atoms with E-state index in [9.17, 15) is 4.79 Å². The Hall–Kier alpha value is -1.35. The van der Waals surface area contributed by atoms with Crippen molar-refractivity contribution < 1.29 is 9.28 Å². The molecule has 0 saturated heterocycles. The molecule has 0 bridgehead atoms. The first kappa shape index (κ1) is 38.6. The Morgan fingerprint density at radius 3 is 1.15 bits per heavy atom. The number of nitrogens with zero attached hydrogens (tertiary/aromatic N) is 1. The van der Waals surface area contributed by atoms with Gasteiger partial charge >= 0.3 is 0 Å². The van der Waals surface area contributed by atoms with Crippen LogP contribution in [0.4, 0.5) is 0 Å². The van der Waals surface area contributed by atoms with Crippen LogP contribution in [-0.2, 0) is 4.79 Å². The largest absolute Gasteiger partial charge is 0.348 e. The smallest absolute Gasteiger partial charge is 0.275 e. The molecule has 0 aliphatic carbocycles. The summed E-state index contributed by atoms with van der Waals surface area (Å²) in [4.78, 5) is 13.2. The van der Waals surface area contributed by atoms with Crippen LogP contribution in [0.3, 0.4) is 0 Å². The number of hydrogen-bond acceptors (Lipinski definition) is 1. The molecular weight excluding hydrogens is 488 g/mol. The van der Waals surface area contributed by atoms with Crippen molar-refractivity contribution in [2.45, 2.75) is 168 Å². The minimum absolute atomic E-state index is 0.172. The third kappa shape index (κ3) is 23.4. The van der Waals surface area contributed by atoms with E-state index in [2.05, 4.69) is 38.9 Å². The molecule has 1 unspecified atom stereocenters. The molecule has 0 aromatic heterocycles. The number of hydrogen-bond donors (Lipinski definition) is 1. The van der Waals surface area contributed by atoms with Gasteiger partial charge in [-0.1, -0.05) is 168 Å². The summed E-state index contributed by atoms with van der Waals surface area (Å²) in [7, 11) is 0. The number of nitrogens with one attached hydrogen (secondary N) is 1. The van der Waals surface area contributed by atoms with Gasteiger partial charge in [0, 0.05) is 6.04 Å². The SMILES string of the molecule is C=CC[N+](CC=C)(CC=C)CC(=O)NC(CCCCCCCCCCCC)CCCCCCCCCCCCC. The van der Waals surface area contributed by atoms with Crippen molar-refractivity contribution >= 4 is 5.91 Å². The molecule has 234 valence electrons. The van der Waals surface area contributed by atoms with Crippen LogP contribution in [0.25, 0.3) is 0 Å². The highest BCUT2D eigenvalue weighted by Gasteiger charge is 2.27. The molecule has 3 heteroatoms. The van der Waals surface area contributed by atoms with E-state index in [0.717, 1.165) is 32.5 Å². The summed E-state index contributed by atoms with van der Waals surface area (Å²) in [6.07, 6.45) is 36.5. The van der Waals surface area contributed by atoms with Crippen molar-refractivity contribution in [2.24, 2.45) is 0 Å². The molecule has 0 saturated carbocycles. The van der Waals surface area contributed by atoms with Gasteiger partial charge in [0.1, 0.15) is 0 Å². The van der Waals surface area contributed by atoms with E-state index in [1.165, 1.54) is 135 Å². The molecule has 0 aromatic rings. The minimum Gasteiger partial charge on any atom is -0.348 e. The number of quaternary nitrogens is 1. The van der Waals surface area contributed by atoms with Crippen LogP contribution in [0.15, 0.2) is 38.0 Å². The number of rotatable bonds is 32. The van der Waals surface area contributed by atoms with E-state index >= 15 is 0 Å². The number of carbonyl (C=O) groups excluding carboxylic acids is 1. The summed E-state index contributed by atoms with van der Waals surface area (Å²) in [6, 6.07) is 0.304. The molecule has 0 aliphatic rings. The highest BCUT2D eigenvalue weighted by atomic mass is 16.2. The highest BCUT2D eigenvalue weighted by Crippen LogP contribution is 2.17. The Labute approximate surface area is 251 Å². The fourth-order valence-corrected chi connectivity index (χ4v) is 6.04. The lowest BCUT2D eigenvalue weighted by Gasteiger charge is -2.36. The van der Waals surface area contributed by atoms with E-state index in [-0.39, 0.29) is 5.91 Å². The molecular formula is C37H71N2O+. The summed E-state index contributed by atoms with van der Waals surface area (Å²) in [5, 5.41) is 3.46. The van der Waals surface area contributed by atoms with E-state index in [4.69, 9.17) is 0 Å². The molecule has 0 aliphatic heterocycles. The number of amides is 1. The van der Waals surface area contributed by atoms with Gasteiger partial charge in [-0.2, -0.15) is 0 Å². The first-order valence-electron chi connectivity index (χ1n) is 17.5. The van der Waals surface area contributed by atoms with E-state index < -0.39 is 0 Å². The lowest BCUT2D eigenvalue weighted by molar-refractivity contribution is -0.904. The average molecular weight is 560 g/mol. The second kappa shape index (κ2) is 29.2. The van der Waals surface area contributed by atoms with Gasteiger partial charge in [0.25, 0.3) is 5.91 Å². The normalized spacial score (nSPS) is 12.2. The maximum Gasteiger partial charge on any atom is 0.275 e. The summed E-state index contributed by atoms with van der Waals surface area (Å²) in [6.45, 7) is 19.1. The van der Waals surface area contributed by atoms with Gasteiger partial charge < -0.3 is 9.80 Å². The van der Waals surface area contributed by atoms with Gasteiger partial charge in [-0.3, -0.25) is 4.79 Å². The topological polar surface area (TPSA) is 29.1 Å². The van der Waals surface area contributed by atoms with Crippen molar-refractivity contribution in [1.82, 2.24) is 5.32 Å². The fourth-order valence-electron chi connectivity index (χ4n) is 6.04. The predicted molar refractivity (Wildman–Crippen MR) is 180 cm³/mol. The van der Waals surface area contributed by atoms with Crippen molar-refractivity contribution in [3.05, 3.63) is 38.0 Å². The van der Waals surface area contributed by atoms with E-state index in [1.54, 1.807) is 0 Å². The van der Waals surface area contributed by atoms with Crippen LogP contribution in [0.5, 0.6) is 0 Å². The van der Waals surface area contributed by atoms with E-state index in [0.29, 0.717) is 17.1 Å². The zero-order valence-electron chi connectivity index (χ0n) is 27.4. The van der Waals surface area contributed by atoms with Gasteiger partial charge in [0.15, 0.2) is 6.54 Å². The van der Waals surface area contributed by atoms with Crippen LogP contribution in [0.2, 0.25) is 0 Å². The molecule has 0 fully saturated rings. The summed E-state index contributed by atoms with van der Waals surface area (Å²) >= 11 is 0. The monoisotopic (exact) mass is 560 g/mol. The fraction of sp³-hybridized carbons (Fsp3) is 0.811. The molecule has 0 aromatic carbocycles. The van der Waals surface area contributed by atoms with Crippen LogP contribution < -0.4 is 5.32 Å². The average Bonchev–Trinajstić information content (AvgIpc) is 2.93. The zero-order valence-corrected chi connectivity index (χ0v) is 27.4. The Balaban J connectivity index is 4.55. The Morgan fingerprint density at radius 1 is 0.550 bits per heavy atom. The van der Waals surface area contributed by atoms with Gasteiger partial charge in [0.05, 0.1) is 19.6 Å². The highest BCUT2D eigenvalue weighted by molar-refractivity contribution is 5.77. The van der Waals surface area contributed by atoms with Crippen molar-refractivity contribution in [1.29, 1.82) is 0 Å². The third-order valence-corrected chi connectivity index (χ3v) is 8.46. The minimum atomic E-state index is 0.172. The van der Waals surface area contributed by atoms with Gasteiger partial charge in [0.2, 0.25) is 0 Å². The first-order valence-corrected chi connectivity index (χ1v) is 17.5. The molecule has 0 radical (unpaired) electrons. The number of unbranched alkanes of at least 4 members (excludes halogenated alkanes) is 19. The molecule has 3 nitrogen and oxygen atoms in total. The maximum absolute atomic E-state index is 13.2. The molecule has 0 heterocycles. The Kier molecular flexibility index (Phi) is 28.2. The Morgan fingerprint density at radius 2 is 0.850 bits per heavy atom. The quantitative estimate of drug-likeness (QED) is 0.0495. The summed E-state index contributed by atoms with van der Waals surface area (Å²) < 4.78 is 0.631. The molecule has 0 spiro atoms. The lowest BCUT2D eigenvalue weighted by atomic mass is 9.99. The summed E-state index contributed by atoms with van der Waals surface area (Å²) in [5.41, 5.74) is 0. The van der Waals surface area contributed by atoms with Crippen LogP contribution in [0.1, 0.15) is 162 Å². The lowest BCUT2D eigenvalue weighted by Crippen LogP contribution is -2.55. The molecule has 1 atom stereocenters. The molecule has 1 N–H and O–H groups in total. The predicted octanol–water partition coefficient (Wildman–Crippen LogP) is 10.9. The first-order chi connectivity index (χ1) is 19.6. The van der Waals surface area contributed by atoms with E-state index in [1.807, 2.05) is 18.2 Å². The number of carbonyl (C=O) groups is 1. The summed E-state index contributed by atoms with van der Waals surface area (Å²) in [5.74, 6) is 0.172. The van der Waals surface area contributed by atoms with Gasteiger partial charge in [-0.25, -0.2) is 0 Å². The molecule has 0 rings (SSSR count). The van der Waals surface area contributed by atoms with Crippen molar-refractivity contribution in [3.63, 3.8) is 0 Å². The second-order valence-electron chi connectivity index (χ2n) is 12.5.